The predicted molar refractivity (Wildman–Crippen MR) is 80.2 cm³/mol. The number of piperidine rings is 1. The molecule has 1 unspecified atom stereocenters. The van der Waals surface area contributed by atoms with Gasteiger partial charge in [-0.1, -0.05) is 18.2 Å². The lowest BCUT2D eigenvalue weighted by Crippen LogP contribution is -2.37. The molecule has 1 aromatic carbocycles. The number of likely N-dealkylation sites (tertiary alicyclic amines) is 1. The van der Waals surface area contributed by atoms with Crippen molar-refractivity contribution in [1.82, 2.24) is 4.90 Å². The number of aryl methyl sites for hydroxylation is 2. The van der Waals surface area contributed by atoms with Crippen LogP contribution in [0.4, 0.5) is 0 Å². The van der Waals surface area contributed by atoms with Crippen LogP contribution in [0.15, 0.2) is 18.2 Å². The van der Waals surface area contributed by atoms with E-state index in [2.05, 4.69) is 36.9 Å². The second-order valence-corrected chi connectivity index (χ2v) is 5.40. The first-order chi connectivity index (χ1) is 8.19. The predicted octanol–water partition coefficient (Wildman–Crippen LogP) is 2.90. The molecule has 0 amide bonds. The SMILES string of the molecule is Cc1ccc(CN2CCCC(CN)C2)cc1C.Cl. The van der Waals surface area contributed by atoms with Gasteiger partial charge < -0.3 is 5.73 Å². The Morgan fingerprint density at radius 3 is 2.72 bits per heavy atom. The fourth-order valence-corrected chi connectivity index (χ4v) is 2.65. The van der Waals surface area contributed by atoms with Gasteiger partial charge in [0, 0.05) is 13.1 Å². The van der Waals surface area contributed by atoms with Crippen LogP contribution in [-0.4, -0.2) is 24.5 Å². The number of hydrogen-bond donors (Lipinski definition) is 1. The van der Waals surface area contributed by atoms with E-state index in [0.29, 0.717) is 5.92 Å². The molecule has 0 spiro atoms. The standard InChI is InChI=1S/C15H24N2.ClH/c1-12-5-6-14(8-13(12)2)10-17-7-3-4-15(9-16)11-17;/h5-6,8,15H,3-4,7,9-11,16H2,1-2H3;1H. The van der Waals surface area contributed by atoms with E-state index >= 15 is 0 Å². The van der Waals surface area contributed by atoms with Crippen molar-refractivity contribution in [2.75, 3.05) is 19.6 Å². The molecule has 0 aliphatic carbocycles. The lowest BCUT2D eigenvalue weighted by molar-refractivity contribution is 0.171. The van der Waals surface area contributed by atoms with Crippen molar-refractivity contribution >= 4 is 12.4 Å². The van der Waals surface area contributed by atoms with Gasteiger partial charge in [-0.05, 0) is 62.4 Å². The van der Waals surface area contributed by atoms with Gasteiger partial charge in [-0.2, -0.15) is 0 Å². The Hall–Kier alpha value is -0.570. The molecule has 1 heterocycles. The molecule has 1 fully saturated rings. The highest BCUT2D eigenvalue weighted by Gasteiger charge is 2.18. The van der Waals surface area contributed by atoms with Crippen LogP contribution in [0, 0.1) is 19.8 Å². The zero-order valence-corrected chi connectivity index (χ0v) is 12.3. The van der Waals surface area contributed by atoms with E-state index in [1.165, 1.54) is 42.6 Å². The zero-order valence-electron chi connectivity index (χ0n) is 11.5. The summed E-state index contributed by atoms with van der Waals surface area (Å²) in [6, 6.07) is 6.81. The van der Waals surface area contributed by atoms with Gasteiger partial charge in [-0.15, -0.1) is 12.4 Å². The molecular weight excluding hydrogens is 244 g/mol. The molecule has 2 N–H and O–H groups in total. The van der Waals surface area contributed by atoms with Gasteiger partial charge >= 0.3 is 0 Å². The van der Waals surface area contributed by atoms with Crippen LogP contribution in [0.25, 0.3) is 0 Å². The first kappa shape index (κ1) is 15.5. The number of nitrogens with zero attached hydrogens (tertiary/aromatic N) is 1. The van der Waals surface area contributed by atoms with E-state index in [1.54, 1.807) is 0 Å². The molecule has 0 bridgehead atoms. The Labute approximate surface area is 117 Å². The molecule has 1 aromatic rings. The van der Waals surface area contributed by atoms with Gasteiger partial charge in [0.25, 0.3) is 0 Å². The summed E-state index contributed by atoms with van der Waals surface area (Å²) in [6.07, 6.45) is 2.60. The van der Waals surface area contributed by atoms with Gasteiger partial charge in [0.2, 0.25) is 0 Å². The van der Waals surface area contributed by atoms with Crippen LogP contribution in [0.5, 0.6) is 0 Å². The van der Waals surface area contributed by atoms with Gasteiger partial charge in [0.1, 0.15) is 0 Å². The Morgan fingerprint density at radius 2 is 2.06 bits per heavy atom. The lowest BCUT2D eigenvalue weighted by Gasteiger charge is -2.32. The van der Waals surface area contributed by atoms with Crippen molar-refractivity contribution in [3.05, 3.63) is 34.9 Å². The average Bonchev–Trinajstić information content (AvgIpc) is 2.34. The second kappa shape index (κ2) is 7.13. The normalized spacial score (nSPS) is 20.5. The highest BCUT2D eigenvalue weighted by molar-refractivity contribution is 5.85. The third-order valence-electron chi connectivity index (χ3n) is 3.91. The van der Waals surface area contributed by atoms with Crippen molar-refractivity contribution in [3.63, 3.8) is 0 Å². The maximum Gasteiger partial charge on any atom is 0.0233 e. The van der Waals surface area contributed by atoms with Crippen LogP contribution < -0.4 is 5.73 Å². The van der Waals surface area contributed by atoms with Crippen LogP contribution >= 0.6 is 12.4 Å². The maximum absolute atomic E-state index is 5.78. The third kappa shape index (κ3) is 3.98. The van der Waals surface area contributed by atoms with Gasteiger partial charge in [-0.3, -0.25) is 4.90 Å². The number of benzene rings is 1. The second-order valence-electron chi connectivity index (χ2n) is 5.40. The first-order valence-electron chi connectivity index (χ1n) is 6.67. The van der Waals surface area contributed by atoms with Gasteiger partial charge in [-0.25, -0.2) is 0 Å². The number of hydrogen-bond acceptors (Lipinski definition) is 2. The molecule has 0 aromatic heterocycles. The van der Waals surface area contributed by atoms with Gasteiger partial charge in [0.15, 0.2) is 0 Å². The Kier molecular flexibility index (Phi) is 6.13. The minimum absolute atomic E-state index is 0. The third-order valence-corrected chi connectivity index (χ3v) is 3.91. The van der Waals surface area contributed by atoms with E-state index in [0.717, 1.165) is 13.1 Å². The summed E-state index contributed by atoms with van der Waals surface area (Å²) >= 11 is 0. The molecule has 1 atom stereocenters. The van der Waals surface area contributed by atoms with Crippen molar-refractivity contribution in [2.45, 2.75) is 33.2 Å². The summed E-state index contributed by atoms with van der Waals surface area (Å²) in [6.45, 7) is 8.68. The van der Waals surface area contributed by atoms with E-state index < -0.39 is 0 Å². The Bertz CT molecular complexity index is 379. The van der Waals surface area contributed by atoms with Crippen LogP contribution in [0.1, 0.15) is 29.5 Å². The molecule has 0 radical (unpaired) electrons. The summed E-state index contributed by atoms with van der Waals surface area (Å²) in [7, 11) is 0. The summed E-state index contributed by atoms with van der Waals surface area (Å²) in [5, 5.41) is 0. The molecule has 0 saturated carbocycles. The molecule has 3 heteroatoms. The smallest absolute Gasteiger partial charge is 0.0233 e. The minimum Gasteiger partial charge on any atom is -0.330 e. The molecule has 2 nitrogen and oxygen atoms in total. The average molecular weight is 269 g/mol. The van der Waals surface area contributed by atoms with Gasteiger partial charge in [0.05, 0.1) is 0 Å². The summed E-state index contributed by atoms with van der Waals surface area (Å²) in [5.41, 5.74) is 9.99. The van der Waals surface area contributed by atoms with E-state index in [1.807, 2.05) is 0 Å². The minimum atomic E-state index is 0. The monoisotopic (exact) mass is 268 g/mol. The molecule has 102 valence electrons. The fourth-order valence-electron chi connectivity index (χ4n) is 2.65. The van der Waals surface area contributed by atoms with E-state index in [4.69, 9.17) is 5.73 Å². The summed E-state index contributed by atoms with van der Waals surface area (Å²) in [5.74, 6) is 0.704. The first-order valence-corrected chi connectivity index (χ1v) is 6.67. The fraction of sp³-hybridized carbons (Fsp3) is 0.600. The lowest BCUT2D eigenvalue weighted by atomic mass is 9.97. The Morgan fingerprint density at radius 1 is 1.28 bits per heavy atom. The van der Waals surface area contributed by atoms with Crippen LogP contribution in [0.3, 0.4) is 0 Å². The highest BCUT2D eigenvalue weighted by Crippen LogP contribution is 2.18. The zero-order chi connectivity index (χ0) is 12.3. The summed E-state index contributed by atoms with van der Waals surface area (Å²) < 4.78 is 0. The largest absolute Gasteiger partial charge is 0.330 e. The highest BCUT2D eigenvalue weighted by atomic mass is 35.5. The van der Waals surface area contributed by atoms with Crippen molar-refractivity contribution < 1.29 is 0 Å². The molecule has 18 heavy (non-hydrogen) atoms. The molecule has 1 aliphatic heterocycles. The molecule has 2 rings (SSSR count). The molecular formula is C15H25ClN2. The number of halogens is 1. The van der Waals surface area contributed by atoms with E-state index in [-0.39, 0.29) is 12.4 Å². The van der Waals surface area contributed by atoms with Crippen LogP contribution in [0.2, 0.25) is 0 Å². The Balaban J connectivity index is 0.00000162. The van der Waals surface area contributed by atoms with Crippen LogP contribution in [-0.2, 0) is 6.54 Å². The number of rotatable bonds is 3. The quantitative estimate of drug-likeness (QED) is 0.913. The molecule has 1 aliphatic rings. The van der Waals surface area contributed by atoms with Crippen molar-refractivity contribution in [1.29, 1.82) is 0 Å². The van der Waals surface area contributed by atoms with Crippen molar-refractivity contribution in [3.8, 4) is 0 Å². The topological polar surface area (TPSA) is 29.3 Å². The van der Waals surface area contributed by atoms with E-state index in [9.17, 15) is 0 Å². The maximum atomic E-state index is 5.78. The van der Waals surface area contributed by atoms with Crippen molar-refractivity contribution in [2.24, 2.45) is 11.7 Å². The molecule has 1 saturated heterocycles. The summed E-state index contributed by atoms with van der Waals surface area (Å²) in [4.78, 5) is 2.55. The number of nitrogens with two attached hydrogens (primary N) is 1.